The van der Waals surface area contributed by atoms with E-state index >= 15 is 0 Å². The third-order valence-corrected chi connectivity index (χ3v) is 4.38. The number of hydrogen-bond donors (Lipinski definition) is 1. The van der Waals surface area contributed by atoms with Gasteiger partial charge in [-0.15, -0.1) is 0 Å². The van der Waals surface area contributed by atoms with Crippen molar-refractivity contribution in [3.8, 4) is 0 Å². The molecule has 0 fully saturated rings. The fraction of sp³-hybridized carbons (Fsp3) is 0.0952. The number of carbonyl (C=O) groups is 1. The second kappa shape index (κ2) is 5.73. The van der Waals surface area contributed by atoms with Crippen LogP contribution in [0.4, 0.5) is 5.69 Å². The summed E-state index contributed by atoms with van der Waals surface area (Å²) < 4.78 is 0. The predicted molar refractivity (Wildman–Crippen MR) is 92.6 cm³/mol. The molecule has 0 saturated carbocycles. The zero-order chi connectivity index (χ0) is 15.6. The van der Waals surface area contributed by atoms with Crippen molar-refractivity contribution in [3.05, 3.63) is 101 Å². The lowest BCUT2D eigenvalue weighted by molar-refractivity contribution is -0.115. The highest BCUT2D eigenvalue weighted by Gasteiger charge is 2.26. The van der Waals surface area contributed by atoms with Crippen molar-refractivity contribution >= 4 is 11.6 Å². The highest BCUT2D eigenvalue weighted by atomic mass is 16.1. The first-order valence-corrected chi connectivity index (χ1v) is 7.84. The summed E-state index contributed by atoms with van der Waals surface area (Å²) in [6.45, 7) is 0. The van der Waals surface area contributed by atoms with E-state index in [9.17, 15) is 4.79 Å². The topological polar surface area (TPSA) is 29.1 Å². The van der Waals surface area contributed by atoms with E-state index in [4.69, 9.17) is 0 Å². The van der Waals surface area contributed by atoms with Gasteiger partial charge >= 0.3 is 0 Å². The third-order valence-electron chi connectivity index (χ3n) is 4.38. The molecule has 2 heteroatoms. The Bertz CT molecular complexity index is 801. The van der Waals surface area contributed by atoms with E-state index in [1.807, 2.05) is 24.3 Å². The van der Waals surface area contributed by atoms with Gasteiger partial charge in [-0.2, -0.15) is 0 Å². The van der Waals surface area contributed by atoms with E-state index in [1.165, 1.54) is 11.1 Å². The van der Waals surface area contributed by atoms with Gasteiger partial charge in [-0.05, 0) is 22.3 Å². The average Bonchev–Trinajstić information content (AvgIpc) is 2.98. The second-order valence-electron chi connectivity index (χ2n) is 5.86. The van der Waals surface area contributed by atoms with Crippen molar-refractivity contribution in [2.75, 3.05) is 5.32 Å². The zero-order valence-electron chi connectivity index (χ0n) is 12.7. The number of benzene rings is 3. The van der Waals surface area contributed by atoms with Crippen LogP contribution in [0.5, 0.6) is 0 Å². The van der Waals surface area contributed by atoms with Gasteiger partial charge in [0.1, 0.15) is 0 Å². The minimum Gasteiger partial charge on any atom is -0.325 e. The summed E-state index contributed by atoms with van der Waals surface area (Å²) in [6, 6.07) is 27.1. The molecule has 2 nitrogen and oxygen atoms in total. The van der Waals surface area contributed by atoms with E-state index in [0.29, 0.717) is 6.42 Å². The molecule has 3 aromatic carbocycles. The van der Waals surface area contributed by atoms with Crippen molar-refractivity contribution in [2.24, 2.45) is 0 Å². The third kappa shape index (κ3) is 2.53. The van der Waals surface area contributed by atoms with Gasteiger partial charge in [-0.25, -0.2) is 0 Å². The summed E-state index contributed by atoms with van der Waals surface area (Å²) >= 11 is 0. The number of nitrogens with one attached hydrogen (secondary N) is 1. The molecular formula is C21H17NO. The maximum atomic E-state index is 11.8. The Morgan fingerprint density at radius 3 is 1.96 bits per heavy atom. The predicted octanol–water partition coefficient (Wildman–Crippen LogP) is 4.36. The first kappa shape index (κ1) is 13.8. The van der Waals surface area contributed by atoms with Crippen LogP contribution in [0.1, 0.15) is 28.2 Å². The molecule has 0 bridgehead atoms. The van der Waals surface area contributed by atoms with Crippen molar-refractivity contribution < 1.29 is 4.79 Å². The van der Waals surface area contributed by atoms with Gasteiger partial charge in [0.2, 0.25) is 5.91 Å². The molecule has 1 aliphatic heterocycles. The Morgan fingerprint density at radius 2 is 1.35 bits per heavy atom. The molecule has 0 aliphatic carbocycles. The van der Waals surface area contributed by atoms with Crippen molar-refractivity contribution in [3.63, 3.8) is 0 Å². The number of hydrogen-bond acceptors (Lipinski definition) is 1. The molecule has 3 aromatic rings. The molecular weight excluding hydrogens is 282 g/mol. The molecule has 1 heterocycles. The van der Waals surface area contributed by atoms with Crippen LogP contribution in [-0.4, -0.2) is 5.91 Å². The van der Waals surface area contributed by atoms with Crippen molar-refractivity contribution in [2.45, 2.75) is 12.3 Å². The molecule has 23 heavy (non-hydrogen) atoms. The quantitative estimate of drug-likeness (QED) is 0.715. The molecule has 0 unspecified atom stereocenters. The molecule has 1 aliphatic rings. The molecule has 4 rings (SSSR count). The molecule has 0 saturated heterocycles. The number of amides is 1. The maximum Gasteiger partial charge on any atom is 0.228 e. The SMILES string of the molecule is O=C1Cc2cccc(C(c3ccccc3)c3ccccc3)c2N1. The molecule has 0 spiro atoms. The van der Waals surface area contributed by atoms with Gasteiger partial charge in [0.15, 0.2) is 0 Å². The first-order valence-electron chi connectivity index (χ1n) is 7.84. The zero-order valence-corrected chi connectivity index (χ0v) is 12.7. The Morgan fingerprint density at radius 1 is 0.739 bits per heavy atom. The van der Waals surface area contributed by atoms with Crippen LogP contribution < -0.4 is 5.32 Å². The number of carbonyl (C=O) groups excluding carboxylic acids is 1. The van der Waals surface area contributed by atoms with Crippen LogP contribution in [0.25, 0.3) is 0 Å². The number of fused-ring (bicyclic) bond motifs is 1. The maximum absolute atomic E-state index is 11.8. The standard InChI is InChI=1S/C21H17NO/c23-19-14-17-12-7-13-18(21(17)22-19)20(15-8-3-1-4-9-15)16-10-5-2-6-11-16/h1-13,20H,14H2,(H,22,23). The van der Waals surface area contributed by atoms with E-state index in [2.05, 4.69) is 59.9 Å². The molecule has 0 atom stereocenters. The first-order chi connectivity index (χ1) is 11.3. The molecule has 0 aromatic heterocycles. The van der Waals surface area contributed by atoms with Gasteiger partial charge in [-0.1, -0.05) is 78.9 Å². The summed E-state index contributed by atoms with van der Waals surface area (Å²) in [4.78, 5) is 11.8. The number of anilines is 1. The van der Waals surface area contributed by atoms with Gasteiger partial charge < -0.3 is 5.32 Å². The monoisotopic (exact) mass is 299 g/mol. The van der Waals surface area contributed by atoms with E-state index in [1.54, 1.807) is 0 Å². The second-order valence-corrected chi connectivity index (χ2v) is 5.86. The number of para-hydroxylation sites is 1. The van der Waals surface area contributed by atoms with Crippen LogP contribution in [-0.2, 0) is 11.2 Å². The normalized spacial score (nSPS) is 13.0. The lowest BCUT2D eigenvalue weighted by Crippen LogP contribution is -2.09. The van der Waals surface area contributed by atoms with Gasteiger partial charge in [-0.3, -0.25) is 4.79 Å². The van der Waals surface area contributed by atoms with Crippen LogP contribution in [0.2, 0.25) is 0 Å². The van der Waals surface area contributed by atoms with Crippen molar-refractivity contribution in [1.82, 2.24) is 0 Å². The fourth-order valence-corrected chi connectivity index (χ4v) is 3.36. The lowest BCUT2D eigenvalue weighted by Gasteiger charge is -2.21. The molecule has 1 N–H and O–H groups in total. The summed E-state index contributed by atoms with van der Waals surface area (Å²) in [7, 11) is 0. The number of rotatable bonds is 3. The molecule has 1 amide bonds. The smallest absolute Gasteiger partial charge is 0.228 e. The Balaban J connectivity index is 1.91. The summed E-state index contributed by atoms with van der Waals surface area (Å²) in [5.74, 6) is 0.193. The van der Waals surface area contributed by atoms with Crippen LogP contribution in [0.15, 0.2) is 78.9 Å². The van der Waals surface area contributed by atoms with Crippen LogP contribution in [0, 0.1) is 0 Å². The largest absolute Gasteiger partial charge is 0.325 e. The van der Waals surface area contributed by atoms with E-state index in [0.717, 1.165) is 16.8 Å². The average molecular weight is 299 g/mol. The van der Waals surface area contributed by atoms with Gasteiger partial charge in [0, 0.05) is 11.6 Å². The van der Waals surface area contributed by atoms with Crippen LogP contribution in [0.3, 0.4) is 0 Å². The van der Waals surface area contributed by atoms with E-state index < -0.39 is 0 Å². The fourth-order valence-electron chi connectivity index (χ4n) is 3.36. The Hall–Kier alpha value is -2.87. The Kier molecular flexibility index (Phi) is 3.43. The molecule has 112 valence electrons. The molecule has 0 radical (unpaired) electrons. The van der Waals surface area contributed by atoms with Crippen LogP contribution >= 0.6 is 0 Å². The minimum atomic E-state index is 0.0762. The minimum absolute atomic E-state index is 0.0762. The van der Waals surface area contributed by atoms with Gasteiger partial charge in [0.25, 0.3) is 0 Å². The summed E-state index contributed by atoms with van der Waals surface area (Å²) in [5.41, 5.74) is 5.69. The summed E-state index contributed by atoms with van der Waals surface area (Å²) in [5, 5.41) is 3.05. The van der Waals surface area contributed by atoms with E-state index in [-0.39, 0.29) is 11.8 Å². The van der Waals surface area contributed by atoms with Crippen molar-refractivity contribution in [1.29, 1.82) is 0 Å². The summed E-state index contributed by atoms with van der Waals surface area (Å²) in [6.07, 6.45) is 0.472. The van der Waals surface area contributed by atoms with Gasteiger partial charge in [0.05, 0.1) is 6.42 Å². The highest BCUT2D eigenvalue weighted by molar-refractivity contribution is 6.00. The Labute approximate surface area is 135 Å². The highest BCUT2D eigenvalue weighted by Crippen LogP contribution is 2.39. The lowest BCUT2D eigenvalue weighted by atomic mass is 9.83.